The number of hydrogen-bond donors (Lipinski definition) is 2. The zero-order valence-corrected chi connectivity index (χ0v) is 13.1. The van der Waals surface area contributed by atoms with Crippen LogP contribution < -0.4 is 10.6 Å². The maximum Gasteiger partial charge on any atom is 0.416 e. The molecule has 25 heavy (non-hydrogen) atoms. The standard InChI is InChI=1S/C16H15F6N3/c1-3-10-7-23-8-14(10)25-9(2)24-13-5-11(15(17,18)19)4-12(6-13)16(20,21)22/h3-6,23-24H,2,7-8H2,1H3/b10-3-,25-14-. The summed E-state index contributed by atoms with van der Waals surface area (Å²) in [7, 11) is 0. The summed E-state index contributed by atoms with van der Waals surface area (Å²) in [4.78, 5) is 4.13. The second-order valence-electron chi connectivity index (χ2n) is 5.34. The van der Waals surface area contributed by atoms with Crippen molar-refractivity contribution in [3.63, 3.8) is 0 Å². The van der Waals surface area contributed by atoms with Crippen molar-refractivity contribution in [3.8, 4) is 0 Å². The van der Waals surface area contributed by atoms with Crippen LogP contribution in [0.25, 0.3) is 0 Å². The minimum atomic E-state index is -4.90. The number of nitrogens with one attached hydrogen (secondary N) is 2. The van der Waals surface area contributed by atoms with Gasteiger partial charge in [0.1, 0.15) is 5.82 Å². The predicted octanol–water partition coefficient (Wildman–Crippen LogP) is 4.60. The van der Waals surface area contributed by atoms with Crippen LogP contribution in [0.3, 0.4) is 0 Å². The fraction of sp³-hybridized carbons (Fsp3) is 0.312. The highest BCUT2D eigenvalue weighted by Crippen LogP contribution is 2.37. The van der Waals surface area contributed by atoms with Gasteiger partial charge in [-0.05, 0) is 30.7 Å². The number of alkyl halides is 6. The average molecular weight is 363 g/mol. The number of hydrogen-bond acceptors (Lipinski definition) is 3. The molecule has 3 nitrogen and oxygen atoms in total. The molecule has 0 bridgehead atoms. The lowest BCUT2D eigenvalue weighted by Gasteiger charge is -2.15. The van der Waals surface area contributed by atoms with E-state index in [4.69, 9.17) is 0 Å². The second kappa shape index (κ2) is 6.91. The number of benzene rings is 1. The summed E-state index contributed by atoms with van der Waals surface area (Å²) in [6.45, 7) is 6.38. The zero-order valence-electron chi connectivity index (χ0n) is 13.1. The summed E-state index contributed by atoms with van der Waals surface area (Å²) in [5.74, 6) is -0.0505. The van der Waals surface area contributed by atoms with E-state index in [1.165, 1.54) is 0 Å². The monoisotopic (exact) mass is 363 g/mol. The third-order valence-electron chi connectivity index (χ3n) is 3.47. The smallest absolute Gasteiger partial charge is 0.341 e. The lowest BCUT2D eigenvalue weighted by atomic mass is 10.1. The summed E-state index contributed by atoms with van der Waals surface area (Å²) in [5, 5.41) is 5.44. The Balaban J connectivity index is 2.32. The van der Waals surface area contributed by atoms with Crippen LogP contribution in [0, 0.1) is 0 Å². The van der Waals surface area contributed by atoms with Crippen molar-refractivity contribution >= 4 is 11.4 Å². The summed E-state index contributed by atoms with van der Waals surface area (Å²) in [6.07, 6.45) is -7.99. The molecule has 1 aromatic rings. The molecule has 0 spiro atoms. The molecule has 0 unspecified atom stereocenters. The van der Waals surface area contributed by atoms with E-state index in [-0.39, 0.29) is 17.6 Å². The summed E-state index contributed by atoms with van der Waals surface area (Å²) < 4.78 is 77.0. The van der Waals surface area contributed by atoms with E-state index < -0.39 is 23.5 Å². The Morgan fingerprint density at radius 3 is 2.12 bits per heavy atom. The van der Waals surface area contributed by atoms with E-state index in [1.807, 2.05) is 6.08 Å². The van der Waals surface area contributed by atoms with Crippen LogP contribution in [0.5, 0.6) is 0 Å². The lowest BCUT2D eigenvalue weighted by Crippen LogP contribution is -2.12. The molecule has 1 aliphatic rings. The van der Waals surface area contributed by atoms with Gasteiger partial charge in [-0.3, -0.25) is 0 Å². The van der Waals surface area contributed by atoms with Gasteiger partial charge in [0.2, 0.25) is 0 Å². The fourth-order valence-corrected chi connectivity index (χ4v) is 2.30. The van der Waals surface area contributed by atoms with Crippen LogP contribution in [0.1, 0.15) is 18.1 Å². The van der Waals surface area contributed by atoms with Gasteiger partial charge in [-0.2, -0.15) is 26.3 Å². The first-order valence-corrected chi connectivity index (χ1v) is 7.20. The number of nitrogens with zero attached hydrogens (tertiary/aromatic N) is 1. The maximum atomic E-state index is 12.8. The van der Waals surface area contributed by atoms with E-state index in [2.05, 4.69) is 22.2 Å². The van der Waals surface area contributed by atoms with Crippen LogP contribution in [0.4, 0.5) is 32.0 Å². The van der Waals surface area contributed by atoms with Gasteiger partial charge in [0.05, 0.1) is 16.8 Å². The lowest BCUT2D eigenvalue weighted by molar-refractivity contribution is -0.143. The summed E-state index contributed by atoms with van der Waals surface area (Å²) >= 11 is 0. The molecular weight excluding hydrogens is 348 g/mol. The molecule has 0 amide bonds. The van der Waals surface area contributed by atoms with Crippen LogP contribution in [0.15, 0.2) is 47.2 Å². The first kappa shape index (κ1) is 19.0. The highest BCUT2D eigenvalue weighted by Gasteiger charge is 2.37. The Morgan fingerprint density at radius 1 is 1.08 bits per heavy atom. The topological polar surface area (TPSA) is 36.4 Å². The van der Waals surface area contributed by atoms with Crippen LogP contribution in [0.2, 0.25) is 0 Å². The molecule has 1 heterocycles. The highest BCUT2D eigenvalue weighted by atomic mass is 19.4. The number of halogens is 6. The minimum Gasteiger partial charge on any atom is -0.341 e. The molecule has 1 saturated heterocycles. The van der Waals surface area contributed by atoms with Gasteiger partial charge in [0.25, 0.3) is 0 Å². The molecule has 136 valence electrons. The van der Waals surface area contributed by atoms with Gasteiger partial charge in [0, 0.05) is 18.8 Å². The van der Waals surface area contributed by atoms with Crippen molar-refractivity contribution < 1.29 is 26.3 Å². The third kappa shape index (κ3) is 4.85. The van der Waals surface area contributed by atoms with Crippen molar-refractivity contribution in [2.45, 2.75) is 19.3 Å². The third-order valence-corrected chi connectivity index (χ3v) is 3.47. The van der Waals surface area contributed by atoms with Gasteiger partial charge in [0.15, 0.2) is 0 Å². The predicted molar refractivity (Wildman–Crippen MR) is 83.3 cm³/mol. The van der Waals surface area contributed by atoms with E-state index in [1.54, 1.807) is 6.92 Å². The molecule has 2 rings (SSSR count). The molecule has 1 aliphatic heterocycles. The molecular formula is C16H15F6N3. The van der Waals surface area contributed by atoms with Crippen LogP contribution >= 0.6 is 0 Å². The number of rotatable bonds is 3. The Bertz CT molecular complexity index is 696. The Labute approximate surface area is 140 Å². The van der Waals surface area contributed by atoms with E-state index in [0.717, 1.165) is 5.57 Å². The molecule has 2 N–H and O–H groups in total. The average Bonchev–Trinajstić information content (AvgIpc) is 2.92. The molecule has 0 saturated carbocycles. The van der Waals surface area contributed by atoms with Gasteiger partial charge in [-0.1, -0.05) is 12.7 Å². The van der Waals surface area contributed by atoms with E-state index in [9.17, 15) is 26.3 Å². The molecule has 1 fully saturated rings. The van der Waals surface area contributed by atoms with Gasteiger partial charge in [-0.15, -0.1) is 0 Å². The maximum absolute atomic E-state index is 12.8. The molecule has 9 heteroatoms. The largest absolute Gasteiger partial charge is 0.416 e. The quantitative estimate of drug-likeness (QED) is 0.771. The Hall–Kier alpha value is -2.29. The normalized spacial score (nSPS) is 18.8. The van der Waals surface area contributed by atoms with Crippen molar-refractivity contribution in [2.24, 2.45) is 4.99 Å². The highest BCUT2D eigenvalue weighted by molar-refractivity contribution is 6.04. The van der Waals surface area contributed by atoms with Crippen LogP contribution in [-0.2, 0) is 12.4 Å². The summed E-state index contributed by atoms with van der Waals surface area (Å²) in [6, 6.07) is 1.24. The van der Waals surface area contributed by atoms with Gasteiger partial charge < -0.3 is 10.6 Å². The molecule has 0 radical (unpaired) electrons. The fourth-order valence-electron chi connectivity index (χ4n) is 2.30. The Kier molecular flexibility index (Phi) is 5.26. The van der Waals surface area contributed by atoms with Crippen molar-refractivity contribution in [1.82, 2.24) is 5.32 Å². The first-order valence-electron chi connectivity index (χ1n) is 7.20. The summed E-state index contributed by atoms with van der Waals surface area (Å²) in [5.41, 5.74) is -1.67. The number of aliphatic imine (C=N–C) groups is 1. The van der Waals surface area contributed by atoms with Crippen LogP contribution in [-0.4, -0.2) is 18.8 Å². The van der Waals surface area contributed by atoms with Gasteiger partial charge >= 0.3 is 12.4 Å². The zero-order chi connectivity index (χ0) is 18.8. The Morgan fingerprint density at radius 2 is 1.64 bits per heavy atom. The van der Waals surface area contributed by atoms with E-state index in [0.29, 0.717) is 30.9 Å². The van der Waals surface area contributed by atoms with Crippen molar-refractivity contribution in [3.05, 3.63) is 53.4 Å². The molecule has 1 aromatic carbocycles. The van der Waals surface area contributed by atoms with Gasteiger partial charge in [-0.25, -0.2) is 4.99 Å². The van der Waals surface area contributed by atoms with E-state index >= 15 is 0 Å². The molecule has 0 aliphatic carbocycles. The minimum absolute atomic E-state index is 0.0505. The molecule has 0 aromatic heterocycles. The molecule has 0 atom stereocenters. The van der Waals surface area contributed by atoms with Crippen molar-refractivity contribution in [1.29, 1.82) is 0 Å². The van der Waals surface area contributed by atoms with Crippen molar-refractivity contribution in [2.75, 3.05) is 18.4 Å². The number of allylic oxidation sites excluding steroid dienone is 1. The SMILES string of the molecule is C=C(/N=C1/CNC/C1=C/C)Nc1cc(C(F)(F)F)cc(C(F)(F)F)c1. The first-order chi connectivity index (χ1) is 11.5. The second-order valence-corrected chi connectivity index (χ2v) is 5.34. The number of anilines is 1.